The summed E-state index contributed by atoms with van der Waals surface area (Å²) >= 11 is 0. The van der Waals surface area contributed by atoms with Crippen molar-refractivity contribution in [1.82, 2.24) is 0 Å². The molecule has 0 bridgehead atoms. The molecule has 0 heterocycles. The lowest BCUT2D eigenvalue weighted by Crippen LogP contribution is -2.40. The number of carbonyl (C=O) groups is 2. The van der Waals surface area contributed by atoms with Crippen molar-refractivity contribution in [3.05, 3.63) is 11.6 Å². The predicted octanol–water partition coefficient (Wildman–Crippen LogP) is 5.21. The molecule has 0 aromatic carbocycles. The molecule has 6 atom stereocenters. The Morgan fingerprint density at radius 2 is 1.79 bits per heavy atom. The van der Waals surface area contributed by atoms with Crippen molar-refractivity contribution in [3.8, 4) is 0 Å². The monoisotopic (exact) mass is 391 g/mol. The van der Waals surface area contributed by atoms with Crippen molar-refractivity contribution in [2.45, 2.75) is 91.0 Å². The third kappa shape index (κ3) is 5.68. The fourth-order valence-electron chi connectivity index (χ4n) is 6.21. The molecule has 3 fully saturated rings. The molecule has 3 saturated carbocycles. The largest absolute Gasteiger partial charge is 0.480 e. The fraction of sp³-hybridized carbons (Fsp3) is 0.833. The van der Waals surface area contributed by atoms with Gasteiger partial charge in [0.05, 0.1) is 0 Å². The summed E-state index contributed by atoms with van der Waals surface area (Å²) in [6.07, 6.45) is 18.6. The highest BCUT2D eigenvalue weighted by molar-refractivity contribution is 5.73. The maximum absolute atomic E-state index is 10.0. The topological polar surface area (TPSA) is 80.4 Å². The molecular weight excluding hydrogens is 350 g/mol. The van der Waals surface area contributed by atoms with E-state index in [0.29, 0.717) is 0 Å². The standard InChI is InChI=1S/C17H26.C5H11NO2.C2H4O/c1-2-6-14-12(4-1)8-10-17-15-7-3-5-13(15)9-11-16(14)17;1-3(2)4(6)5(7)8;1-2-3/h4,13-17H,1-3,5-11H2;3-4H,6H2,1-2H3,(H,7,8);2H,1H3. The van der Waals surface area contributed by atoms with Crippen LogP contribution < -0.4 is 5.73 Å². The second-order valence-corrected chi connectivity index (χ2v) is 9.46. The second kappa shape index (κ2) is 11.1. The van der Waals surface area contributed by atoms with Crippen molar-refractivity contribution < 1.29 is 14.7 Å². The summed E-state index contributed by atoms with van der Waals surface area (Å²) in [4.78, 5) is 18.8. The molecule has 4 heteroatoms. The van der Waals surface area contributed by atoms with E-state index in [-0.39, 0.29) is 5.92 Å². The molecule has 0 amide bonds. The quantitative estimate of drug-likeness (QED) is 0.500. The maximum atomic E-state index is 10.0. The third-order valence-corrected chi connectivity index (χ3v) is 7.58. The Morgan fingerprint density at radius 1 is 1.07 bits per heavy atom. The van der Waals surface area contributed by atoms with Gasteiger partial charge in [0, 0.05) is 0 Å². The SMILES string of the molecule is C1=C2CCC3C4CCCC4CCC3C2CCC1.CC(C)C(N)C(=O)O.CC=O. The molecule has 160 valence electrons. The van der Waals surface area contributed by atoms with Gasteiger partial charge in [0.25, 0.3) is 0 Å². The van der Waals surface area contributed by atoms with E-state index >= 15 is 0 Å². The molecule has 4 nitrogen and oxygen atoms in total. The van der Waals surface area contributed by atoms with Crippen LogP contribution in [0.3, 0.4) is 0 Å². The first-order chi connectivity index (χ1) is 13.4. The molecule has 0 saturated heterocycles. The zero-order chi connectivity index (χ0) is 20.7. The normalized spacial score (nSPS) is 34.2. The zero-order valence-electron chi connectivity index (χ0n) is 18.1. The summed E-state index contributed by atoms with van der Waals surface area (Å²) in [6, 6.07) is -0.713. The van der Waals surface area contributed by atoms with Gasteiger partial charge < -0.3 is 15.6 Å². The van der Waals surface area contributed by atoms with Gasteiger partial charge in [0.2, 0.25) is 0 Å². The number of carbonyl (C=O) groups excluding carboxylic acids is 1. The number of fused-ring (bicyclic) bond motifs is 5. The van der Waals surface area contributed by atoms with Gasteiger partial charge in [-0.05, 0) is 93.8 Å². The number of allylic oxidation sites excluding steroid dienone is 2. The highest BCUT2D eigenvalue weighted by atomic mass is 16.4. The van der Waals surface area contributed by atoms with E-state index in [1.165, 1.54) is 32.6 Å². The van der Waals surface area contributed by atoms with Crippen LogP contribution in [0.4, 0.5) is 0 Å². The molecule has 3 N–H and O–H groups in total. The van der Waals surface area contributed by atoms with Gasteiger partial charge in [-0.3, -0.25) is 4.79 Å². The number of hydrogen-bond donors (Lipinski definition) is 2. The third-order valence-electron chi connectivity index (χ3n) is 7.58. The van der Waals surface area contributed by atoms with Crippen LogP contribution in [0.5, 0.6) is 0 Å². The number of carboxylic acid groups (broad SMARTS) is 1. The summed E-state index contributed by atoms with van der Waals surface area (Å²) in [7, 11) is 0. The number of aldehydes is 1. The fourth-order valence-corrected chi connectivity index (χ4v) is 6.21. The minimum atomic E-state index is -0.931. The highest BCUT2D eigenvalue weighted by Crippen LogP contribution is 2.56. The average molecular weight is 392 g/mol. The lowest BCUT2D eigenvalue weighted by atomic mass is 9.56. The Labute approximate surface area is 171 Å². The molecule has 0 aromatic rings. The molecule has 0 spiro atoms. The Bertz CT molecular complexity index is 542. The molecule has 4 aliphatic carbocycles. The van der Waals surface area contributed by atoms with Crippen LogP contribution in [-0.2, 0) is 9.59 Å². The number of aliphatic carboxylic acids is 1. The van der Waals surface area contributed by atoms with Crippen LogP contribution in [0.1, 0.15) is 85.0 Å². The summed E-state index contributed by atoms with van der Waals surface area (Å²) in [6.45, 7) is 5.00. The Balaban J connectivity index is 0.000000217. The first kappa shape index (κ1) is 23.1. The van der Waals surface area contributed by atoms with Crippen LogP contribution in [-0.4, -0.2) is 23.4 Å². The Kier molecular flexibility index (Phi) is 9.20. The van der Waals surface area contributed by atoms with Gasteiger partial charge >= 0.3 is 5.97 Å². The molecule has 4 rings (SSSR count). The smallest absolute Gasteiger partial charge is 0.320 e. The van der Waals surface area contributed by atoms with Crippen molar-refractivity contribution in [1.29, 1.82) is 0 Å². The first-order valence-electron chi connectivity index (χ1n) is 11.5. The second-order valence-electron chi connectivity index (χ2n) is 9.46. The van der Waals surface area contributed by atoms with E-state index in [1.54, 1.807) is 52.4 Å². The van der Waals surface area contributed by atoms with Gasteiger partial charge in [0.1, 0.15) is 12.3 Å². The predicted molar refractivity (Wildman–Crippen MR) is 114 cm³/mol. The van der Waals surface area contributed by atoms with Crippen molar-refractivity contribution in [2.24, 2.45) is 41.2 Å². The molecule has 0 radical (unpaired) electrons. The number of hydrogen-bond acceptors (Lipinski definition) is 3. The van der Waals surface area contributed by atoms with Crippen LogP contribution in [0.2, 0.25) is 0 Å². The molecule has 4 aliphatic rings. The van der Waals surface area contributed by atoms with E-state index in [0.717, 1.165) is 35.9 Å². The van der Waals surface area contributed by atoms with Crippen molar-refractivity contribution in [3.63, 3.8) is 0 Å². The van der Waals surface area contributed by atoms with E-state index in [1.807, 2.05) is 5.57 Å². The number of carboxylic acids is 1. The summed E-state index contributed by atoms with van der Waals surface area (Å²) < 4.78 is 0. The van der Waals surface area contributed by atoms with E-state index in [4.69, 9.17) is 15.6 Å². The van der Waals surface area contributed by atoms with Gasteiger partial charge in [-0.2, -0.15) is 0 Å². The zero-order valence-corrected chi connectivity index (χ0v) is 18.1. The maximum Gasteiger partial charge on any atom is 0.320 e. The Morgan fingerprint density at radius 3 is 2.39 bits per heavy atom. The summed E-state index contributed by atoms with van der Waals surface area (Å²) in [5.74, 6) is 4.66. The lowest BCUT2D eigenvalue weighted by Gasteiger charge is -2.49. The molecule has 0 aliphatic heterocycles. The van der Waals surface area contributed by atoms with Gasteiger partial charge in [-0.15, -0.1) is 0 Å². The Hall–Kier alpha value is -1.16. The van der Waals surface area contributed by atoms with E-state index in [9.17, 15) is 4.79 Å². The number of rotatable bonds is 2. The van der Waals surface area contributed by atoms with Crippen LogP contribution >= 0.6 is 0 Å². The summed E-state index contributed by atoms with van der Waals surface area (Å²) in [5, 5.41) is 8.23. The van der Waals surface area contributed by atoms with Crippen molar-refractivity contribution >= 4 is 12.3 Å². The molecule has 6 unspecified atom stereocenters. The molecule has 0 aromatic heterocycles. The van der Waals surface area contributed by atoms with Crippen LogP contribution in [0.25, 0.3) is 0 Å². The molecular formula is C24H41NO3. The summed E-state index contributed by atoms with van der Waals surface area (Å²) in [5.41, 5.74) is 7.04. The van der Waals surface area contributed by atoms with Gasteiger partial charge in [-0.1, -0.05) is 38.3 Å². The van der Waals surface area contributed by atoms with Crippen LogP contribution in [0, 0.1) is 35.5 Å². The lowest BCUT2D eigenvalue weighted by molar-refractivity contribution is -0.139. The van der Waals surface area contributed by atoms with Crippen LogP contribution in [0.15, 0.2) is 11.6 Å². The van der Waals surface area contributed by atoms with Crippen molar-refractivity contribution in [2.75, 3.05) is 0 Å². The minimum Gasteiger partial charge on any atom is -0.480 e. The molecule has 28 heavy (non-hydrogen) atoms. The average Bonchev–Trinajstić information content (AvgIpc) is 3.17. The van der Waals surface area contributed by atoms with E-state index < -0.39 is 12.0 Å². The van der Waals surface area contributed by atoms with Gasteiger partial charge in [0.15, 0.2) is 0 Å². The highest BCUT2D eigenvalue weighted by Gasteiger charge is 2.46. The minimum absolute atomic E-state index is 0.0208. The number of nitrogens with two attached hydrogens (primary N) is 1. The first-order valence-corrected chi connectivity index (χ1v) is 11.5. The van der Waals surface area contributed by atoms with E-state index in [2.05, 4.69) is 6.08 Å². The van der Waals surface area contributed by atoms with Gasteiger partial charge in [-0.25, -0.2) is 0 Å².